The molecule has 2 nitrogen and oxygen atoms in total. The SMILES string of the molecule is OCCC1SCN(Cc2ccccc2)C1Cl. The Hall–Kier alpha value is -0.220. The zero-order chi connectivity index (χ0) is 11.4. The van der Waals surface area contributed by atoms with Crippen molar-refractivity contribution in [3.05, 3.63) is 35.9 Å². The van der Waals surface area contributed by atoms with Crippen LogP contribution in [0, 0.1) is 0 Å². The molecule has 1 aliphatic heterocycles. The van der Waals surface area contributed by atoms with E-state index in [2.05, 4.69) is 17.0 Å². The van der Waals surface area contributed by atoms with Crippen molar-refractivity contribution in [1.29, 1.82) is 0 Å². The van der Waals surface area contributed by atoms with Crippen LogP contribution in [0.3, 0.4) is 0 Å². The van der Waals surface area contributed by atoms with Crippen molar-refractivity contribution in [3.63, 3.8) is 0 Å². The highest BCUT2D eigenvalue weighted by atomic mass is 35.5. The Morgan fingerprint density at radius 2 is 2.12 bits per heavy atom. The third-order valence-corrected chi connectivity index (χ3v) is 4.88. The zero-order valence-electron chi connectivity index (χ0n) is 9.05. The Kier molecular flexibility index (Phi) is 4.53. The van der Waals surface area contributed by atoms with Gasteiger partial charge in [0.05, 0.1) is 5.50 Å². The Balaban J connectivity index is 1.92. The van der Waals surface area contributed by atoms with Crippen molar-refractivity contribution in [3.8, 4) is 0 Å². The van der Waals surface area contributed by atoms with E-state index in [0.29, 0.717) is 5.25 Å². The fraction of sp³-hybridized carbons (Fsp3) is 0.500. The molecule has 1 aromatic rings. The lowest BCUT2D eigenvalue weighted by molar-refractivity contribution is 0.258. The highest BCUT2D eigenvalue weighted by molar-refractivity contribution is 8.00. The minimum absolute atomic E-state index is 0.0392. The highest BCUT2D eigenvalue weighted by Crippen LogP contribution is 2.34. The molecule has 1 N–H and O–H groups in total. The molecule has 4 heteroatoms. The molecule has 0 aromatic heterocycles. The van der Waals surface area contributed by atoms with E-state index in [1.165, 1.54) is 5.56 Å². The minimum Gasteiger partial charge on any atom is -0.396 e. The number of rotatable bonds is 4. The molecule has 0 spiro atoms. The smallest absolute Gasteiger partial charge is 0.0981 e. The van der Waals surface area contributed by atoms with E-state index < -0.39 is 0 Å². The predicted octanol–water partition coefficient (Wildman–Crippen LogP) is 2.51. The van der Waals surface area contributed by atoms with E-state index in [0.717, 1.165) is 18.8 Å². The average molecular weight is 258 g/mol. The van der Waals surface area contributed by atoms with E-state index in [9.17, 15) is 0 Å². The first-order valence-corrected chi connectivity index (χ1v) is 6.94. The predicted molar refractivity (Wildman–Crippen MR) is 69.6 cm³/mol. The fourth-order valence-corrected chi connectivity index (χ4v) is 3.68. The first-order valence-electron chi connectivity index (χ1n) is 5.46. The Morgan fingerprint density at radius 1 is 1.38 bits per heavy atom. The van der Waals surface area contributed by atoms with Gasteiger partial charge >= 0.3 is 0 Å². The lowest BCUT2D eigenvalue weighted by Crippen LogP contribution is -2.30. The van der Waals surface area contributed by atoms with E-state index in [1.54, 1.807) is 0 Å². The number of hydrogen-bond acceptors (Lipinski definition) is 3. The van der Waals surface area contributed by atoms with Gasteiger partial charge in [0.1, 0.15) is 0 Å². The van der Waals surface area contributed by atoms with Crippen molar-refractivity contribution in [2.24, 2.45) is 0 Å². The van der Waals surface area contributed by atoms with Crippen molar-refractivity contribution in [2.45, 2.75) is 23.7 Å². The number of alkyl halides is 1. The molecule has 2 atom stereocenters. The number of aliphatic hydroxyl groups is 1. The largest absolute Gasteiger partial charge is 0.396 e. The molecule has 88 valence electrons. The quantitative estimate of drug-likeness (QED) is 0.662. The maximum Gasteiger partial charge on any atom is 0.0981 e. The number of halogens is 1. The lowest BCUT2D eigenvalue weighted by atomic mass is 10.2. The number of benzene rings is 1. The van der Waals surface area contributed by atoms with Crippen LogP contribution in [0.25, 0.3) is 0 Å². The van der Waals surface area contributed by atoms with Gasteiger partial charge in [-0.3, -0.25) is 4.90 Å². The molecule has 1 aromatic carbocycles. The molecule has 0 saturated carbocycles. The van der Waals surface area contributed by atoms with Crippen LogP contribution < -0.4 is 0 Å². The monoisotopic (exact) mass is 257 g/mol. The Labute approximate surface area is 106 Å². The van der Waals surface area contributed by atoms with Gasteiger partial charge in [-0.15, -0.1) is 23.4 Å². The summed E-state index contributed by atoms with van der Waals surface area (Å²) in [5.41, 5.74) is 1.33. The summed E-state index contributed by atoms with van der Waals surface area (Å²) in [6.07, 6.45) is 0.782. The standard InChI is InChI=1S/C12H16ClNOS/c13-12-11(6-7-15)16-9-14(12)8-10-4-2-1-3-5-10/h1-5,11-12,15H,6-9H2. The molecule has 2 unspecified atom stereocenters. The molecule has 2 rings (SSSR count). The average Bonchev–Trinajstić information content (AvgIpc) is 2.64. The van der Waals surface area contributed by atoms with E-state index in [1.807, 2.05) is 30.0 Å². The molecule has 0 bridgehead atoms. The second-order valence-corrected chi connectivity index (χ2v) is 5.60. The maximum absolute atomic E-state index is 8.93. The Bertz CT molecular complexity index is 322. The van der Waals surface area contributed by atoms with Gasteiger partial charge in [0, 0.05) is 24.3 Å². The van der Waals surface area contributed by atoms with E-state index in [-0.39, 0.29) is 12.1 Å². The first kappa shape index (κ1) is 12.2. The third-order valence-electron chi connectivity index (χ3n) is 2.75. The summed E-state index contributed by atoms with van der Waals surface area (Å²) in [6, 6.07) is 10.4. The Morgan fingerprint density at radius 3 is 2.81 bits per heavy atom. The van der Waals surface area contributed by atoms with E-state index in [4.69, 9.17) is 16.7 Å². The van der Waals surface area contributed by atoms with Crippen molar-refractivity contribution < 1.29 is 5.11 Å². The fourth-order valence-electron chi connectivity index (χ4n) is 1.88. The van der Waals surface area contributed by atoms with Crippen molar-refractivity contribution >= 4 is 23.4 Å². The van der Waals surface area contributed by atoms with Gasteiger partial charge in [0.15, 0.2) is 0 Å². The summed E-state index contributed by atoms with van der Waals surface area (Å²) in [5, 5.41) is 9.29. The van der Waals surface area contributed by atoms with Crippen LogP contribution in [0.15, 0.2) is 30.3 Å². The molecule has 0 amide bonds. The number of aliphatic hydroxyl groups excluding tert-OH is 1. The van der Waals surface area contributed by atoms with Crippen LogP contribution in [0.1, 0.15) is 12.0 Å². The summed E-state index contributed by atoms with van der Waals surface area (Å²) in [4.78, 5) is 2.25. The van der Waals surface area contributed by atoms with Crippen LogP contribution in [-0.4, -0.2) is 33.2 Å². The maximum atomic E-state index is 8.93. The molecule has 0 radical (unpaired) electrons. The molecule has 16 heavy (non-hydrogen) atoms. The van der Waals surface area contributed by atoms with Crippen LogP contribution >= 0.6 is 23.4 Å². The summed E-state index contributed by atoms with van der Waals surface area (Å²) >= 11 is 8.20. The van der Waals surface area contributed by atoms with Crippen LogP contribution in [0.2, 0.25) is 0 Å². The van der Waals surface area contributed by atoms with Gasteiger partial charge < -0.3 is 5.11 Å². The third kappa shape index (κ3) is 2.92. The van der Waals surface area contributed by atoms with Gasteiger partial charge in [0.2, 0.25) is 0 Å². The summed E-state index contributed by atoms with van der Waals surface area (Å²) in [5.74, 6) is 0.952. The summed E-state index contributed by atoms with van der Waals surface area (Å²) < 4.78 is 0. The molecule has 1 saturated heterocycles. The molecule has 1 fully saturated rings. The summed E-state index contributed by atoms with van der Waals surface area (Å²) in [7, 11) is 0. The molecule has 1 aliphatic rings. The molecular weight excluding hydrogens is 242 g/mol. The van der Waals surface area contributed by atoms with Crippen LogP contribution in [-0.2, 0) is 6.54 Å². The van der Waals surface area contributed by atoms with Gasteiger partial charge in [-0.05, 0) is 12.0 Å². The van der Waals surface area contributed by atoms with Crippen LogP contribution in [0.5, 0.6) is 0 Å². The lowest BCUT2D eigenvalue weighted by Gasteiger charge is -2.21. The number of hydrogen-bond donors (Lipinski definition) is 1. The zero-order valence-corrected chi connectivity index (χ0v) is 10.6. The molecule has 0 aliphatic carbocycles. The molecule has 1 heterocycles. The second kappa shape index (κ2) is 5.92. The first-order chi connectivity index (χ1) is 7.81. The number of nitrogens with zero attached hydrogens (tertiary/aromatic N) is 1. The summed E-state index contributed by atoms with van der Waals surface area (Å²) in [6.45, 7) is 1.12. The number of thioether (sulfide) groups is 1. The van der Waals surface area contributed by atoms with Gasteiger partial charge in [-0.1, -0.05) is 30.3 Å². The van der Waals surface area contributed by atoms with Crippen LogP contribution in [0.4, 0.5) is 0 Å². The normalized spacial score (nSPS) is 26.1. The van der Waals surface area contributed by atoms with Crippen molar-refractivity contribution in [2.75, 3.05) is 12.5 Å². The van der Waals surface area contributed by atoms with Gasteiger partial charge in [-0.2, -0.15) is 0 Å². The minimum atomic E-state index is 0.0392. The molecular formula is C12H16ClNOS. The van der Waals surface area contributed by atoms with Crippen molar-refractivity contribution in [1.82, 2.24) is 4.90 Å². The highest BCUT2D eigenvalue weighted by Gasteiger charge is 2.32. The van der Waals surface area contributed by atoms with Gasteiger partial charge in [0.25, 0.3) is 0 Å². The van der Waals surface area contributed by atoms with E-state index >= 15 is 0 Å². The van der Waals surface area contributed by atoms with Gasteiger partial charge in [-0.25, -0.2) is 0 Å². The second-order valence-electron chi connectivity index (χ2n) is 3.95. The topological polar surface area (TPSA) is 23.5 Å².